The van der Waals surface area contributed by atoms with Gasteiger partial charge in [0, 0.05) is 23.5 Å². The second-order valence-electron chi connectivity index (χ2n) is 5.10. The van der Waals surface area contributed by atoms with Crippen molar-refractivity contribution in [3.63, 3.8) is 0 Å². The van der Waals surface area contributed by atoms with Crippen LogP contribution in [0.1, 0.15) is 38.7 Å². The maximum Gasteiger partial charge on any atom is 0.0291 e. The van der Waals surface area contributed by atoms with E-state index in [0.717, 1.165) is 6.54 Å². The van der Waals surface area contributed by atoms with Gasteiger partial charge in [-0.2, -0.15) is 0 Å². The fourth-order valence-electron chi connectivity index (χ4n) is 3.06. The first-order valence-corrected chi connectivity index (χ1v) is 7.55. The molecule has 2 rings (SSSR count). The Morgan fingerprint density at radius 3 is 2.47 bits per heavy atom. The molecule has 0 saturated carbocycles. The molecule has 0 spiro atoms. The third kappa shape index (κ3) is 2.74. The van der Waals surface area contributed by atoms with Gasteiger partial charge in [0.05, 0.1) is 0 Å². The van der Waals surface area contributed by atoms with Crippen molar-refractivity contribution in [2.45, 2.75) is 50.0 Å². The Morgan fingerprint density at radius 2 is 1.88 bits per heavy atom. The molecule has 1 aromatic carbocycles. The van der Waals surface area contributed by atoms with Gasteiger partial charge in [0.2, 0.25) is 0 Å². The van der Waals surface area contributed by atoms with E-state index in [-0.39, 0.29) is 0 Å². The first-order chi connectivity index (χ1) is 8.20. The summed E-state index contributed by atoms with van der Waals surface area (Å²) < 4.78 is 0. The highest BCUT2D eigenvalue weighted by Crippen LogP contribution is 2.39. The summed E-state index contributed by atoms with van der Waals surface area (Å²) in [5, 5.41) is 0. The molecule has 1 heterocycles. The molecule has 1 nitrogen and oxygen atoms in total. The summed E-state index contributed by atoms with van der Waals surface area (Å²) in [6.07, 6.45) is 3.78. The first-order valence-electron chi connectivity index (χ1n) is 6.63. The SMILES string of the molecule is CCC1(CC)CC(Br)CN1Cc1ccccc1. The lowest BCUT2D eigenvalue weighted by Crippen LogP contribution is -2.42. The molecule has 2 heteroatoms. The van der Waals surface area contributed by atoms with Crippen molar-refractivity contribution in [3.8, 4) is 0 Å². The van der Waals surface area contributed by atoms with Crippen LogP contribution < -0.4 is 0 Å². The average molecular weight is 296 g/mol. The maximum absolute atomic E-state index is 3.81. The average Bonchev–Trinajstić information content (AvgIpc) is 2.67. The van der Waals surface area contributed by atoms with Crippen molar-refractivity contribution >= 4 is 15.9 Å². The summed E-state index contributed by atoms with van der Waals surface area (Å²) in [7, 11) is 0. The number of benzene rings is 1. The number of alkyl halides is 1. The van der Waals surface area contributed by atoms with Gasteiger partial charge in [-0.05, 0) is 24.8 Å². The number of likely N-dealkylation sites (tertiary alicyclic amines) is 1. The minimum absolute atomic E-state index is 0.407. The normalized spacial score (nSPS) is 24.1. The van der Waals surface area contributed by atoms with E-state index in [9.17, 15) is 0 Å². The van der Waals surface area contributed by atoms with E-state index in [1.807, 2.05) is 0 Å². The second kappa shape index (κ2) is 5.53. The number of nitrogens with zero attached hydrogens (tertiary/aromatic N) is 1. The zero-order valence-corrected chi connectivity index (χ0v) is 12.4. The van der Waals surface area contributed by atoms with Crippen molar-refractivity contribution in [1.82, 2.24) is 4.90 Å². The van der Waals surface area contributed by atoms with E-state index in [2.05, 4.69) is 65.0 Å². The summed E-state index contributed by atoms with van der Waals surface area (Å²) >= 11 is 3.81. The summed E-state index contributed by atoms with van der Waals surface area (Å²) in [4.78, 5) is 3.33. The molecule has 0 bridgehead atoms. The van der Waals surface area contributed by atoms with Crippen molar-refractivity contribution in [3.05, 3.63) is 35.9 Å². The van der Waals surface area contributed by atoms with E-state index >= 15 is 0 Å². The summed E-state index contributed by atoms with van der Waals surface area (Å²) in [5.74, 6) is 0. The molecule has 0 N–H and O–H groups in total. The molecule has 94 valence electrons. The molecule has 1 aromatic rings. The smallest absolute Gasteiger partial charge is 0.0291 e. The van der Waals surface area contributed by atoms with Gasteiger partial charge in [-0.1, -0.05) is 60.1 Å². The number of halogens is 1. The van der Waals surface area contributed by atoms with Gasteiger partial charge in [-0.3, -0.25) is 4.90 Å². The molecule has 0 aromatic heterocycles. The van der Waals surface area contributed by atoms with E-state index in [0.29, 0.717) is 10.4 Å². The highest BCUT2D eigenvalue weighted by atomic mass is 79.9. The quantitative estimate of drug-likeness (QED) is 0.752. The van der Waals surface area contributed by atoms with Crippen molar-refractivity contribution in [1.29, 1.82) is 0 Å². The predicted molar refractivity (Wildman–Crippen MR) is 77.5 cm³/mol. The molecule has 1 unspecified atom stereocenters. The second-order valence-corrected chi connectivity index (χ2v) is 6.39. The summed E-state index contributed by atoms with van der Waals surface area (Å²) in [6, 6.07) is 10.8. The lowest BCUT2D eigenvalue weighted by atomic mass is 9.89. The molecule has 0 radical (unpaired) electrons. The van der Waals surface area contributed by atoms with Crippen molar-refractivity contribution in [2.24, 2.45) is 0 Å². The molecule has 0 amide bonds. The fourth-order valence-corrected chi connectivity index (χ4v) is 4.01. The molecular weight excluding hydrogens is 274 g/mol. The van der Waals surface area contributed by atoms with Crippen LogP contribution in [0, 0.1) is 0 Å². The van der Waals surface area contributed by atoms with Crippen LogP contribution in [0.5, 0.6) is 0 Å². The zero-order valence-electron chi connectivity index (χ0n) is 10.8. The van der Waals surface area contributed by atoms with Gasteiger partial charge in [-0.25, -0.2) is 0 Å². The van der Waals surface area contributed by atoms with Crippen LogP contribution in [0.4, 0.5) is 0 Å². The van der Waals surface area contributed by atoms with Gasteiger partial charge in [0.1, 0.15) is 0 Å². The fraction of sp³-hybridized carbons (Fsp3) is 0.600. The van der Waals surface area contributed by atoms with Crippen LogP contribution in [0.2, 0.25) is 0 Å². The minimum atomic E-state index is 0.407. The van der Waals surface area contributed by atoms with Crippen LogP contribution >= 0.6 is 15.9 Å². The van der Waals surface area contributed by atoms with E-state index in [1.165, 1.54) is 31.4 Å². The largest absolute Gasteiger partial charge is 0.292 e. The molecule has 1 fully saturated rings. The molecular formula is C15H22BrN. The van der Waals surface area contributed by atoms with E-state index < -0.39 is 0 Å². The Labute approximate surface area is 113 Å². The Kier molecular flexibility index (Phi) is 4.26. The van der Waals surface area contributed by atoms with Crippen LogP contribution in [0.25, 0.3) is 0 Å². The van der Waals surface area contributed by atoms with E-state index in [4.69, 9.17) is 0 Å². The Hall–Kier alpha value is -0.340. The van der Waals surface area contributed by atoms with Crippen LogP contribution in [0.15, 0.2) is 30.3 Å². The first kappa shape index (κ1) is 13.1. The lowest BCUT2D eigenvalue weighted by Gasteiger charge is -2.37. The van der Waals surface area contributed by atoms with Gasteiger partial charge >= 0.3 is 0 Å². The highest BCUT2D eigenvalue weighted by molar-refractivity contribution is 9.09. The Balaban J connectivity index is 2.14. The Morgan fingerprint density at radius 1 is 1.24 bits per heavy atom. The zero-order chi connectivity index (χ0) is 12.3. The maximum atomic E-state index is 3.81. The lowest BCUT2D eigenvalue weighted by molar-refractivity contribution is 0.119. The molecule has 1 saturated heterocycles. The highest BCUT2D eigenvalue weighted by Gasteiger charge is 2.41. The van der Waals surface area contributed by atoms with Gasteiger partial charge < -0.3 is 0 Å². The van der Waals surface area contributed by atoms with Crippen molar-refractivity contribution < 1.29 is 0 Å². The van der Waals surface area contributed by atoms with Gasteiger partial charge in [0.15, 0.2) is 0 Å². The standard InChI is InChI=1S/C15H22BrN/c1-3-15(4-2)10-14(16)12-17(15)11-13-8-6-5-7-9-13/h5-9,14H,3-4,10-12H2,1-2H3. The molecule has 1 aliphatic rings. The van der Waals surface area contributed by atoms with Crippen molar-refractivity contribution in [2.75, 3.05) is 6.54 Å². The number of hydrogen-bond donors (Lipinski definition) is 0. The monoisotopic (exact) mass is 295 g/mol. The Bertz CT molecular complexity index is 345. The predicted octanol–water partition coefficient (Wildman–Crippen LogP) is 4.21. The van der Waals surface area contributed by atoms with Gasteiger partial charge in [0.25, 0.3) is 0 Å². The van der Waals surface area contributed by atoms with Crippen LogP contribution in [0.3, 0.4) is 0 Å². The third-order valence-corrected chi connectivity index (χ3v) is 4.84. The minimum Gasteiger partial charge on any atom is -0.292 e. The van der Waals surface area contributed by atoms with Gasteiger partial charge in [-0.15, -0.1) is 0 Å². The molecule has 1 atom stereocenters. The van der Waals surface area contributed by atoms with Crippen LogP contribution in [-0.2, 0) is 6.54 Å². The third-order valence-electron chi connectivity index (χ3n) is 4.22. The molecule has 17 heavy (non-hydrogen) atoms. The number of rotatable bonds is 4. The summed E-state index contributed by atoms with van der Waals surface area (Å²) in [5.41, 5.74) is 1.84. The molecule has 0 aliphatic carbocycles. The summed E-state index contributed by atoms with van der Waals surface area (Å²) in [6.45, 7) is 6.92. The van der Waals surface area contributed by atoms with E-state index in [1.54, 1.807) is 0 Å². The molecule has 1 aliphatic heterocycles. The topological polar surface area (TPSA) is 3.24 Å². The van der Waals surface area contributed by atoms with Crippen LogP contribution in [-0.4, -0.2) is 21.8 Å². The number of hydrogen-bond acceptors (Lipinski definition) is 1.